The van der Waals surface area contributed by atoms with Gasteiger partial charge in [-0.25, -0.2) is 0 Å². The maximum absolute atomic E-state index is 10.9. The molecule has 0 spiro atoms. The molecule has 0 aliphatic heterocycles. The Balaban J connectivity index is 2.67. The van der Waals surface area contributed by atoms with E-state index in [9.17, 15) is 9.90 Å². The number of hydrogen-bond acceptors (Lipinski definition) is 3. The van der Waals surface area contributed by atoms with Crippen LogP contribution in [0.4, 0.5) is 0 Å². The summed E-state index contributed by atoms with van der Waals surface area (Å²) in [6, 6.07) is 0.0241. The second-order valence-corrected chi connectivity index (χ2v) is 5.49. The molecule has 2 atom stereocenters. The van der Waals surface area contributed by atoms with Crippen molar-refractivity contribution in [3.05, 3.63) is 0 Å². The van der Waals surface area contributed by atoms with Crippen molar-refractivity contribution < 1.29 is 15.0 Å². The lowest BCUT2D eigenvalue weighted by Gasteiger charge is -2.34. The Hall–Kier alpha value is -0.610. The number of nitrogens with zero attached hydrogens (tertiary/aromatic N) is 1. The van der Waals surface area contributed by atoms with Crippen molar-refractivity contribution in [3.63, 3.8) is 0 Å². The van der Waals surface area contributed by atoms with Gasteiger partial charge in [0, 0.05) is 12.6 Å². The third kappa shape index (κ3) is 5.04. The van der Waals surface area contributed by atoms with Gasteiger partial charge in [-0.1, -0.05) is 33.1 Å². The van der Waals surface area contributed by atoms with E-state index in [1.807, 2.05) is 4.90 Å². The van der Waals surface area contributed by atoms with Crippen LogP contribution in [0.1, 0.15) is 46.0 Å². The zero-order valence-corrected chi connectivity index (χ0v) is 10.9. The molecule has 0 radical (unpaired) electrons. The first-order valence-electron chi connectivity index (χ1n) is 6.64. The van der Waals surface area contributed by atoms with Gasteiger partial charge in [-0.05, 0) is 18.8 Å². The predicted octanol–water partition coefficient (Wildman–Crippen LogP) is 1.72. The molecule has 1 fully saturated rings. The number of aliphatic hydroxyl groups excluding tert-OH is 1. The van der Waals surface area contributed by atoms with E-state index in [0.29, 0.717) is 5.92 Å². The molecule has 1 aliphatic carbocycles. The first-order valence-corrected chi connectivity index (χ1v) is 6.64. The highest BCUT2D eigenvalue weighted by Crippen LogP contribution is 2.23. The summed E-state index contributed by atoms with van der Waals surface area (Å²) < 4.78 is 0. The van der Waals surface area contributed by atoms with E-state index in [2.05, 4.69) is 13.8 Å². The second kappa shape index (κ2) is 6.97. The van der Waals surface area contributed by atoms with Crippen LogP contribution < -0.4 is 0 Å². The molecular weight excluding hydrogens is 218 g/mol. The Morgan fingerprint density at radius 3 is 2.53 bits per heavy atom. The highest BCUT2D eigenvalue weighted by atomic mass is 16.4. The minimum absolute atomic E-state index is 0.0241. The van der Waals surface area contributed by atoms with Gasteiger partial charge in [-0.2, -0.15) is 0 Å². The Labute approximate surface area is 104 Å². The fraction of sp³-hybridized carbons (Fsp3) is 0.923. The van der Waals surface area contributed by atoms with Gasteiger partial charge in [0.2, 0.25) is 0 Å². The monoisotopic (exact) mass is 243 g/mol. The third-order valence-electron chi connectivity index (χ3n) is 3.35. The number of carboxylic acid groups (broad SMARTS) is 1. The van der Waals surface area contributed by atoms with Crippen LogP contribution in [0.15, 0.2) is 0 Å². The Morgan fingerprint density at radius 2 is 1.94 bits per heavy atom. The Bertz CT molecular complexity index is 243. The molecule has 2 unspecified atom stereocenters. The summed E-state index contributed by atoms with van der Waals surface area (Å²) in [6.07, 6.45) is 4.66. The SMILES string of the molecule is CC(C)CN(CC(=O)O)C1CCCCCC1O. The zero-order chi connectivity index (χ0) is 12.8. The summed E-state index contributed by atoms with van der Waals surface area (Å²) in [5.74, 6) is -0.382. The lowest BCUT2D eigenvalue weighted by atomic mass is 10.0. The van der Waals surface area contributed by atoms with Crippen LogP contribution in [0, 0.1) is 5.92 Å². The van der Waals surface area contributed by atoms with E-state index in [1.165, 1.54) is 0 Å². The lowest BCUT2D eigenvalue weighted by Crippen LogP contribution is -2.47. The van der Waals surface area contributed by atoms with Crippen LogP contribution in [0.3, 0.4) is 0 Å². The van der Waals surface area contributed by atoms with Crippen LogP contribution in [0.2, 0.25) is 0 Å². The standard InChI is InChI=1S/C13H25NO3/c1-10(2)8-14(9-13(16)17)11-6-4-3-5-7-12(11)15/h10-12,15H,3-9H2,1-2H3,(H,16,17). The summed E-state index contributed by atoms with van der Waals surface area (Å²) in [5.41, 5.74) is 0. The number of rotatable bonds is 5. The highest BCUT2D eigenvalue weighted by Gasteiger charge is 2.28. The van der Waals surface area contributed by atoms with E-state index < -0.39 is 5.97 Å². The third-order valence-corrected chi connectivity index (χ3v) is 3.35. The van der Waals surface area contributed by atoms with E-state index >= 15 is 0 Å². The number of aliphatic carboxylic acids is 1. The van der Waals surface area contributed by atoms with Gasteiger partial charge in [0.05, 0.1) is 12.6 Å². The maximum Gasteiger partial charge on any atom is 0.317 e. The number of carboxylic acids is 1. The fourth-order valence-electron chi connectivity index (χ4n) is 2.65. The first-order chi connectivity index (χ1) is 8.00. The Morgan fingerprint density at radius 1 is 1.29 bits per heavy atom. The second-order valence-electron chi connectivity index (χ2n) is 5.49. The van der Waals surface area contributed by atoms with Gasteiger partial charge in [0.15, 0.2) is 0 Å². The van der Waals surface area contributed by atoms with Crippen molar-refractivity contribution in [2.45, 2.75) is 58.1 Å². The molecule has 0 amide bonds. The zero-order valence-electron chi connectivity index (χ0n) is 10.9. The largest absolute Gasteiger partial charge is 0.480 e. The molecule has 0 heterocycles. The van der Waals surface area contributed by atoms with Crippen molar-refractivity contribution >= 4 is 5.97 Å². The minimum atomic E-state index is -0.804. The molecule has 100 valence electrons. The van der Waals surface area contributed by atoms with E-state index in [0.717, 1.165) is 38.6 Å². The molecule has 1 rings (SSSR count). The molecule has 4 heteroatoms. The summed E-state index contributed by atoms with van der Waals surface area (Å²) in [4.78, 5) is 12.9. The molecule has 0 aromatic heterocycles. The van der Waals surface area contributed by atoms with Gasteiger partial charge >= 0.3 is 5.97 Å². The van der Waals surface area contributed by atoms with Crippen molar-refractivity contribution in [1.29, 1.82) is 0 Å². The normalized spacial score (nSPS) is 26.2. The predicted molar refractivity (Wildman–Crippen MR) is 66.9 cm³/mol. The molecule has 4 nitrogen and oxygen atoms in total. The van der Waals surface area contributed by atoms with E-state index in [-0.39, 0.29) is 18.7 Å². The average molecular weight is 243 g/mol. The van der Waals surface area contributed by atoms with Crippen LogP contribution in [-0.4, -0.2) is 46.3 Å². The van der Waals surface area contributed by atoms with Crippen molar-refractivity contribution in [3.8, 4) is 0 Å². The maximum atomic E-state index is 10.9. The lowest BCUT2D eigenvalue weighted by molar-refractivity contribution is -0.139. The Kier molecular flexibility index (Phi) is 5.92. The summed E-state index contributed by atoms with van der Waals surface area (Å²) >= 11 is 0. The fourth-order valence-corrected chi connectivity index (χ4v) is 2.65. The van der Waals surface area contributed by atoms with Crippen LogP contribution >= 0.6 is 0 Å². The molecule has 0 aromatic carbocycles. The topological polar surface area (TPSA) is 60.8 Å². The molecule has 0 aromatic rings. The van der Waals surface area contributed by atoms with Gasteiger partial charge in [0.25, 0.3) is 0 Å². The first kappa shape index (κ1) is 14.5. The molecular formula is C13H25NO3. The molecule has 1 saturated carbocycles. The van der Waals surface area contributed by atoms with Gasteiger partial charge in [-0.15, -0.1) is 0 Å². The van der Waals surface area contributed by atoms with Gasteiger partial charge in [-0.3, -0.25) is 9.69 Å². The van der Waals surface area contributed by atoms with Gasteiger partial charge < -0.3 is 10.2 Å². The van der Waals surface area contributed by atoms with Gasteiger partial charge in [0.1, 0.15) is 0 Å². The number of hydrogen-bond donors (Lipinski definition) is 2. The quantitative estimate of drug-likeness (QED) is 0.722. The number of carbonyl (C=O) groups is 1. The minimum Gasteiger partial charge on any atom is -0.480 e. The van der Waals surface area contributed by atoms with Crippen LogP contribution in [0.25, 0.3) is 0 Å². The summed E-state index contributed by atoms with van der Waals surface area (Å²) in [6.45, 7) is 4.95. The molecule has 17 heavy (non-hydrogen) atoms. The molecule has 0 bridgehead atoms. The van der Waals surface area contributed by atoms with E-state index in [4.69, 9.17) is 5.11 Å². The molecule has 0 saturated heterocycles. The molecule has 1 aliphatic rings. The smallest absolute Gasteiger partial charge is 0.317 e. The van der Waals surface area contributed by atoms with Crippen LogP contribution in [0.5, 0.6) is 0 Å². The van der Waals surface area contributed by atoms with Crippen molar-refractivity contribution in [2.24, 2.45) is 5.92 Å². The molecule has 2 N–H and O–H groups in total. The van der Waals surface area contributed by atoms with Crippen LogP contribution in [-0.2, 0) is 4.79 Å². The summed E-state index contributed by atoms with van der Waals surface area (Å²) in [7, 11) is 0. The average Bonchev–Trinajstić information content (AvgIpc) is 2.40. The van der Waals surface area contributed by atoms with Crippen molar-refractivity contribution in [2.75, 3.05) is 13.1 Å². The number of aliphatic hydroxyl groups is 1. The van der Waals surface area contributed by atoms with Crippen molar-refractivity contribution in [1.82, 2.24) is 4.90 Å². The highest BCUT2D eigenvalue weighted by molar-refractivity contribution is 5.69. The van der Waals surface area contributed by atoms with E-state index in [1.54, 1.807) is 0 Å². The summed E-state index contributed by atoms with van der Waals surface area (Å²) in [5, 5.41) is 19.1.